The summed E-state index contributed by atoms with van der Waals surface area (Å²) in [6.07, 6.45) is 4.93. The second-order valence-electron chi connectivity index (χ2n) is 12.0. The van der Waals surface area contributed by atoms with Gasteiger partial charge < -0.3 is 19.7 Å². The van der Waals surface area contributed by atoms with Crippen molar-refractivity contribution in [1.29, 1.82) is 0 Å². The molecule has 3 aromatic carbocycles. The van der Waals surface area contributed by atoms with Crippen LogP contribution in [0.4, 0.5) is 11.4 Å². The van der Waals surface area contributed by atoms with Crippen LogP contribution in [-0.4, -0.2) is 59.0 Å². The molecule has 0 saturated carbocycles. The number of hydrogen-bond acceptors (Lipinski definition) is 8. The zero-order valence-corrected chi connectivity index (χ0v) is 28.8. The molecule has 5 rings (SSSR count). The van der Waals surface area contributed by atoms with Crippen LogP contribution < -0.4 is 15.0 Å². The van der Waals surface area contributed by atoms with E-state index in [0.717, 1.165) is 89.2 Å². The lowest BCUT2D eigenvalue weighted by Crippen LogP contribution is -2.29. The Labute approximate surface area is 282 Å². The number of nitrogens with one attached hydrogen (secondary N) is 1. The van der Waals surface area contributed by atoms with Crippen LogP contribution in [0.25, 0.3) is 17.2 Å². The molecule has 0 spiro atoms. The molecule has 0 atom stereocenters. The van der Waals surface area contributed by atoms with Gasteiger partial charge in [-0.15, -0.1) is 16.9 Å². The summed E-state index contributed by atoms with van der Waals surface area (Å²) in [5.74, 6) is 2.77. The van der Waals surface area contributed by atoms with E-state index in [1.54, 1.807) is 16.4 Å². The maximum Gasteiger partial charge on any atom is 0.251 e. The molecule has 9 nitrogen and oxygen atoms in total. The summed E-state index contributed by atoms with van der Waals surface area (Å²) < 4.78 is 13.3. The third-order valence-corrected chi connectivity index (χ3v) is 8.95. The number of amides is 1. The standard InChI is InChI=1S/C37H46N6O3S/c1-5-7-20-45-21-22-46-33-13-8-28(9-14-33)29-10-17-35-31(23-29)24-30(18-19-42(35)25-27(3)4)37(44)38-32-11-15-34(16-12-32)47-26-36-39-40-41-43(36)6-2/h8-17,23-24,27H,5-7,18-22,25-26H2,1-4H3,(H,38,44). The van der Waals surface area contributed by atoms with Gasteiger partial charge in [0.25, 0.3) is 5.91 Å². The van der Waals surface area contributed by atoms with Gasteiger partial charge >= 0.3 is 0 Å². The Morgan fingerprint density at radius 1 is 0.979 bits per heavy atom. The first-order chi connectivity index (χ1) is 22.9. The number of tetrazole rings is 1. The van der Waals surface area contributed by atoms with E-state index >= 15 is 0 Å². The average Bonchev–Trinajstić information content (AvgIpc) is 3.47. The van der Waals surface area contributed by atoms with Gasteiger partial charge in [-0.05, 0) is 107 Å². The molecule has 10 heteroatoms. The van der Waals surface area contributed by atoms with Gasteiger partial charge in [-0.1, -0.05) is 45.4 Å². The molecule has 0 bridgehead atoms. The van der Waals surface area contributed by atoms with E-state index in [4.69, 9.17) is 9.47 Å². The minimum Gasteiger partial charge on any atom is -0.491 e. The van der Waals surface area contributed by atoms with E-state index in [0.29, 0.717) is 31.3 Å². The summed E-state index contributed by atoms with van der Waals surface area (Å²) in [5, 5.41) is 15.0. The molecule has 0 saturated heterocycles. The fraction of sp³-hybridized carbons (Fsp3) is 0.405. The Kier molecular flexibility index (Phi) is 12.5. The first-order valence-corrected chi connectivity index (χ1v) is 17.6. The first kappa shape index (κ1) is 34.2. The minimum atomic E-state index is -0.0737. The molecule has 1 aliphatic heterocycles. The molecular weight excluding hydrogens is 609 g/mol. The number of anilines is 2. The summed E-state index contributed by atoms with van der Waals surface area (Å²) in [6.45, 7) is 13.0. The molecule has 0 unspecified atom stereocenters. The maximum absolute atomic E-state index is 13.6. The van der Waals surface area contributed by atoms with Crippen LogP contribution in [0.15, 0.2) is 77.2 Å². The van der Waals surface area contributed by atoms with Crippen molar-refractivity contribution in [3.8, 4) is 16.9 Å². The largest absolute Gasteiger partial charge is 0.491 e. The first-order valence-electron chi connectivity index (χ1n) is 16.6. The predicted molar refractivity (Wildman–Crippen MR) is 191 cm³/mol. The van der Waals surface area contributed by atoms with Crippen molar-refractivity contribution >= 4 is 35.1 Å². The smallest absolute Gasteiger partial charge is 0.251 e. The lowest BCUT2D eigenvalue weighted by molar-refractivity contribution is -0.112. The van der Waals surface area contributed by atoms with Crippen molar-refractivity contribution < 1.29 is 14.3 Å². The molecule has 0 radical (unpaired) electrons. The van der Waals surface area contributed by atoms with Gasteiger partial charge in [0, 0.05) is 48.1 Å². The Balaban J connectivity index is 1.27. The van der Waals surface area contributed by atoms with Gasteiger partial charge in [0.2, 0.25) is 0 Å². The Morgan fingerprint density at radius 3 is 2.51 bits per heavy atom. The van der Waals surface area contributed by atoms with Gasteiger partial charge in [0.05, 0.1) is 12.4 Å². The number of benzene rings is 3. The second kappa shape index (κ2) is 17.1. The minimum absolute atomic E-state index is 0.0737. The van der Waals surface area contributed by atoms with Crippen molar-refractivity contribution in [2.75, 3.05) is 43.1 Å². The number of rotatable bonds is 16. The monoisotopic (exact) mass is 654 g/mol. The summed E-state index contributed by atoms with van der Waals surface area (Å²) >= 11 is 1.66. The van der Waals surface area contributed by atoms with Crippen molar-refractivity contribution in [3.05, 3.63) is 83.7 Å². The number of unbranched alkanes of at least 4 members (excludes halogenated alkanes) is 1. The summed E-state index contributed by atoms with van der Waals surface area (Å²) in [4.78, 5) is 17.1. The van der Waals surface area contributed by atoms with Crippen molar-refractivity contribution in [3.63, 3.8) is 0 Å². The molecule has 1 N–H and O–H groups in total. The van der Waals surface area contributed by atoms with Crippen LogP contribution in [0, 0.1) is 5.92 Å². The van der Waals surface area contributed by atoms with Crippen molar-refractivity contribution in [1.82, 2.24) is 20.2 Å². The SMILES string of the molecule is CCCCOCCOc1ccc(-c2ccc3c(c2)C=C(C(=O)Nc2ccc(SCc4nnnn4CC)cc2)CCN3CC(C)C)cc1. The maximum atomic E-state index is 13.6. The van der Waals surface area contributed by atoms with E-state index in [-0.39, 0.29) is 5.91 Å². The Bertz CT molecular complexity index is 1620. The van der Waals surface area contributed by atoms with E-state index in [1.165, 1.54) is 0 Å². The lowest BCUT2D eigenvalue weighted by atomic mass is 10.00. The summed E-state index contributed by atoms with van der Waals surface area (Å²) in [5.41, 5.74) is 5.94. The number of nitrogens with zero attached hydrogens (tertiary/aromatic N) is 5. The number of ether oxygens (including phenoxy) is 2. The Morgan fingerprint density at radius 2 is 1.77 bits per heavy atom. The number of aromatic nitrogens is 4. The Hall–Kier alpha value is -4.15. The third-order valence-electron chi connectivity index (χ3n) is 7.94. The van der Waals surface area contributed by atoms with E-state index in [2.05, 4.69) is 82.9 Å². The zero-order chi connectivity index (χ0) is 33.0. The quantitative estimate of drug-likeness (QED) is 0.0969. The molecule has 0 fully saturated rings. The molecule has 1 amide bonds. The molecular formula is C37H46N6O3S. The van der Waals surface area contributed by atoms with Gasteiger partial charge in [-0.25, -0.2) is 4.68 Å². The van der Waals surface area contributed by atoms with Crippen LogP contribution in [0.1, 0.15) is 58.3 Å². The van der Waals surface area contributed by atoms with E-state index < -0.39 is 0 Å². The van der Waals surface area contributed by atoms with Crippen LogP contribution in [-0.2, 0) is 21.8 Å². The van der Waals surface area contributed by atoms with Gasteiger partial charge in [-0.3, -0.25) is 4.79 Å². The average molecular weight is 655 g/mol. The predicted octanol–water partition coefficient (Wildman–Crippen LogP) is 7.74. The molecule has 248 valence electrons. The van der Waals surface area contributed by atoms with Crippen LogP contribution in [0.5, 0.6) is 5.75 Å². The molecule has 47 heavy (non-hydrogen) atoms. The highest BCUT2D eigenvalue weighted by Crippen LogP contribution is 2.34. The normalized spacial score (nSPS) is 12.9. The number of carbonyl (C=O) groups excluding carboxylic acids is 1. The van der Waals surface area contributed by atoms with Crippen LogP contribution >= 0.6 is 11.8 Å². The highest BCUT2D eigenvalue weighted by molar-refractivity contribution is 7.98. The lowest BCUT2D eigenvalue weighted by Gasteiger charge is -2.27. The highest BCUT2D eigenvalue weighted by Gasteiger charge is 2.21. The zero-order valence-electron chi connectivity index (χ0n) is 27.9. The molecule has 2 heterocycles. The molecule has 4 aromatic rings. The van der Waals surface area contributed by atoms with E-state index in [1.807, 2.05) is 43.3 Å². The van der Waals surface area contributed by atoms with Gasteiger partial charge in [0.15, 0.2) is 5.82 Å². The number of fused-ring (bicyclic) bond motifs is 1. The van der Waals surface area contributed by atoms with Gasteiger partial charge in [-0.2, -0.15) is 0 Å². The number of hydrogen-bond donors (Lipinski definition) is 1. The van der Waals surface area contributed by atoms with Crippen molar-refractivity contribution in [2.24, 2.45) is 5.92 Å². The van der Waals surface area contributed by atoms with Crippen LogP contribution in [0.2, 0.25) is 0 Å². The number of thioether (sulfide) groups is 1. The second-order valence-corrected chi connectivity index (χ2v) is 13.1. The molecule has 1 aliphatic rings. The number of carbonyl (C=O) groups is 1. The van der Waals surface area contributed by atoms with Crippen LogP contribution in [0.3, 0.4) is 0 Å². The number of aryl methyl sites for hydroxylation is 1. The van der Waals surface area contributed by atoms with Crippen molar-refractivity contribution in [2.45, 2.75) is 64.2 Å². The highest BCUT2D eigenvalue weighted by atomic mass is 32.2. The van der Waals surface area contributed by atoms with E-state index in [9.17, 15) is 4.79 Å². The fourth-order valence-electron chi connectivity index (χ4n) is 5.46. The molecule has 0 aliphatic carbocycles. The fourth-order valence-corrected chi connectivity index (χ4v) is 6.29. The molecule has 1 aromatic heterocycles. The summed E-state index contributed by atoms with van der Waals surface area (Å²) in [6, 6.07) is 22.7. The topological polar surface area (TPSA) is 94.4 Å². The third kappa shape index (κ3) is 9.68. The van der Waals surface area contributed by atoms with Gasteiger partial charge in [0.1, 0.15) is 12.4 Å². The summed E-state index contributed by atoms with van der Waals surface area (Å²) in [7, 11) is 0.